The van der Waals surface area contributed by atoms with E-state index in [0.717, 1.165) is 12.1 Å². The highest BCUT2D eigenvalue weighted by atomic mass is 16.6. The first-order chi connectivity index (χ1) is 14.0. The number of methoxy groups -OCH3 is 1. The van der Waals surface area contributed by atoms with Crippen molar-refractivity contribution in [2.24, 2.45) is 0 Å². The van der Waals surface area contributed by atoms with E-state index >= 15 is 0 Å². The van der Waals surface area contributed by atoms with Crippen molar-refractivity contribution in [3.05, 3.63) is 53.5 Å². The number of amides is 2. The molecule has 2 aromatic rings. The molecule has 2 amide bonds. The van der Waals surface area contributed by atoms with Crippen LogP contribution in [-0.4, -0.2) is 44.0 Å². The van der Waals surface area contributed by atoms with Gasteiger partial charge >= 0.3 is 11.9 Å². The van der Waals surface area contributed by atoms with E-state index in [-0.39, 0.29) is 30.6 Å². The number of carbonyl (C=O) groups excluding carboxylic acids is 4. The smallest absolute Gasteiger partial charge is 0.373 e. The monoisotopic (exact) mass is 400 g/mol. The molecule has 1 fully saturated rings. The zero-order chi connectivity index (χ0) is 20.8. The third-order valence-electron chi connectivity index (χ3n) is 4.33. The normalized spacial score (nSPS) is 13.3. The average molecular weight is 400 g/mol. The van der Waals surface area contributed by atoms with Gasteiger partial charge < -0.3 is 24.1 Å². The molecule has 9 heteroatoms. The largest absolute Gasteiger partial charge is 0.463 e. The number of nitrogens with zero attached hydrogens (tertiary/aromatic N) is 1. The van der Waals surface area contributed by atoms with Gasteiger partial charge in [-0.25, -0.2) is 4.79 Å². The van der Waals surface area contributed by atoms with Crippen LogP contribution in [-0.2, 0) is 25.7 Å². The zero-order valence-electron chi connectivity index (χ0n) is 15.8. The van der Waals surface area contributed by atoms with Crippen molar-refractivity contribution in [3.8, 4) is 0 Å². The number of nitrogens with one attached hydrogen (secondary N) is 1. The average Bonchev–Trinajstić information content (AvgIpc) is 3.39. The fraction of sp³-hybridized carbons (Fsp3) is 0.300. The topological polar surface area (TPSA) is 115 Å². The molecule has 3 rings (SSSR count). The van der Waals surface area contributed by atoms with Gasteiger partial charge in [-0.1, -0.05) is 0 Å². The minimum atomic E-state index is -0.659. The van der Waals surface area contributed by atoms with Crippen molar-refractivity contribution < 1.29 is 33.1 Å². The van der Waals surface area contributed by atoms with Gasteiger partial charge in [0.1, 0.15) is 18.9 Å². The molecule has 0 bridgehead atoms. The Morgan fingerprint density at radius 1 is 1.14 bits per heavy atom. The Morgan fingerprint density at radius 3 is 2.55 bits per heavy atom. The van der Waals surface area contributed by atoms with Gasteiger partial charge in [-0.2, -0.15) is 0 Å². The lowest BCUT2D eigenvalue weighted by atomic mass is 10.2. The Morgan fingerprint density at radius 2 is 1.90 bits per heavy atom. The molecule has 29 heavy (non-hydrogen) atoms. The molecule has 1 saturated heterocycles. The number of hydrogen-bond donors (Lipinski definition) is 1. The van der Waals surface area contributed by atoms with Crippen LogP contribution in [0.3, 0.4) is 0 Å². The summed E-state index contributed by atoms with van der Waals surface area (Å²) in [5.41, 5.74) is 1.11. The third-order valence-corrected chi connectivity index (χ3v) is 4.33. The van der Waals surface area contributed by atoms with Crippen molar-refractivity contribution in [3.63, 3.8) is 0 Å². The maximum absolute atomic E-state index is 12.2. The van der Waals surface area contributed by atoms with Gasteiger partial charge in [0.15, 0.2) is 0 Å². The Kier molecular flexibility index (Phi) is 6.28. The summed E-state index contributed by atoms with van der Waals surface area (Å²) in [6, 6.07) is 9.50. The molecule has 1 aliphatic heterocycles. The third kappa shape index (κ3) is 5.01. The van der Waals surface area contributed by atoms with Gasteiger partial charge in [0, 0.05) is 24.2 Å². The van der Waals surface area contributed by atoms with Crippen LogP contribution in [0.25, 0.3) is 0 Å². The molecule has 1 aromatic carbocycles. The van der Waals surface area contributed by atoms with Gasteiger partial charge in [0.2, 0.25) is 11.7 Å². The van der Waals surface area contributed by atoms with E-state index < -0.39 is 17.8 Å². The number of carbonyl (C=O) groups is 4. The van der Waals surface area contributed by atoms with E-state index in [4.69, 9.17) is 9.15 Å². The Labute approximate surface area is 166 Å². The number of rotatable bonds is 7. The fourth-order valence-electron chi connectivity index (χ4n) is 2.84. The van der Waals surface area contributed by atoms with E-state index in [0.29, 0.717) is 18.5 Å². The summed E-state index contributed by atoms with van der Waals surface area (Å²) in [7, 11) is 1.23. The van der Waals surface area contributed by atoms with Crippen LogP contribution in [0.4, 0.5) is 5.69 Å². The number of hydrogen-bond acceptors (Lipinski definition) is 7. The molecule has 0 aliphatic carbocycles. The minimum absolute atomic E-state index is 0.00549. The number of esters is 2. The molecular formula is C20H20N2O7. The highest BCUT2D eigenvalue weighted by Crippen LogP contribution is 2.21. The Hall–Kier alpha value is -3.62. The first-order valence-corrected chi connectivity index (χ1v) is 8.99. The van der Waals surface area contributed by atoms with Crippen molar-refractivity contribution in [1.82, 2.24) is 5.32 Å². The van der Waals surface area contributed by atoms with Gasteiger partial charge in [-0.3, -0.25) is 14.4 Å². The standard InChI is InChI=1S/C20H20N2O7/c1-27-20(26)16-9-8-15(29-16)12-28-18(24)11-21-19(25)13-4-6-14(7-5-13)22-10-2-3-17(22)23/h4-9H,2-3,10-12H2,1H3,(H,21,25). The molecule has 2 heterocycles. The second kappa shape index (κ2) is 9.05. The van der Waals surface area contributed by atoms with Crippen molar-refractivity contribution in [2.75, 3.05) is 25.1 Å². The van der Waals surface area contributed by atoms with Gasteiger partial charge in [0.25, 0.3) is 5.91 Å². The molecule has 0 atom stereocenters. The molecule has 152 valence electrons. The van der Waals surface area contributed by atoms with E-state index in [2.05, 4.69) is 10.1 Å². The predicted octanol–water partition coefficient (Wildman–Crippen LogP) is 1.67. The number of anilines is 1. The summed E-state index contributed by atoms with van der Waals surface area (Å²) in [6.45, 7) is 0.174. The van der Waals surface area contributed by atoms with Crippen molar-refractivity contribution in [2.45, 2.75) is 19.4 Å². The number of ether oxygens (including phenoxy) is 2. The maximum Gasteiger partial charge on any atom is 0.373 e. The van der Waals surface area contributed by atoms with Crippen LogP contribution >= 0.6 is 0 Å². The highest BCUT2D eigenvalue weighted by molar-refractivity contribution is 5.98. The predicted molar refractivity (Wildman–Crippen MR) is 100 cm³/mol. The lowest BCUT2D eigenvalue weighted by Gasteiger charge is -2.15. The van der Waals surface area contributed by atoms with Crippen LogP contribution in [0.2, 0.25) is 0 Å². The lowest BCUT2D eigenvalue weighted by Crippen LogP contribution is -2.30. The summed E-state index contributed by atoms with van der Waals surface area (Å²) in [6.07, 6.45) is 1.36. The van der Waals surface area contributed by atoms with Crippen LogP contribution in [0.1, 0.15) is 39.5 Å². The highest BCUT2D eigenvalue weighted by Gasteiger charge is 2.21. The van der Waals surface area contributed by atoms with Crippen molar-refractivity contribution in [1.29, 1.82) is 0 Å². The number of benzene rings is 1. The van der Waals surface area contributed by atoms with E-state index in [1.807, 2.05) is 0 Å². The fourth-order valence-corrected chi connectivity index (χ4v) is 2.84. The van der Waals surface area contributed by atoms with E-state index in [9.17, 15) is 19.2 Å². The SMILES string of the molecule is COC(=O)c1ccc(COC(=O)CNC(=O)c2ccc(N3CCCC3=O)cc2)o1. The van der Waals surface area contributed by atoms with Crippen molar-refractivity contribution >= 4 is 29.4 Å². The molecule has 9 nitrogen and oxygen atoms in total. The van der Waals surface area contributed by atoms with Gasteiger partial charge in [0.05, 0.1) is 7.11 Å². The zero-order valence-corrected chi connectivity index (χ0v) is 15.8. The lowest BCUT2D eigenvalue weighted by molar-refractivity contribution is -0.144. The summed E-state index contributed by atoms with van der Waals surface area (Å²) in [4.78, 5) is 48.7. The minimum Gasteiger partial charge on any atom is -0.463 e. The summed E-state index contributed by atoms with van der Waals surface area (Å²) in [5, 5.41) is 2.47. The van der Waals surface area contributed by atoms with Crippen LogP contribution < -0.4 is 10.2 Å². The first-order valence-electron chi connectivity index (χ1n) is 8.99. The van der Waals surface area contributed by atoms with Crippen LogP contribution in [0.5, 0.6) is 0 Å². The molecule has 0 unspecified atom stereocenters. The molecule has 1 aromatic heterocycles. The Bertz CT molecular complexity index is 917. The van der Waals surface area contributed by atoms with E-state index in [1.54, 1.807) is 29.2 Å². The summed E-state index contributed by atoms with van der Waals surface area (Å²) in [5.74, 6) is -1.38. The number of furan rings is 1. The molecule has 1 N–H and O–H groups in total. The first kappa shape index (κ1) is 20.1. The molecule has 0 radical (unpaired) electrons. The molecule has 0 saturated carbocycles. The van der Waals surface area contributed by atoms with Gasteiger partial charge in [-0.15, -0.1) is 0 Å². The second-order valence-electron chi connectivity index (χ2n) is 6.30. The second-order valence-corrected chi connectivity index (χ2v) is 6.30. The maximum atomic E-state index is 12.2. The van der Waals surface area contributed by atoms with Crippen LogP contribution in [0.15, 0.2) is 40.8 Å². The molecule has 1 aliphatic rings. The van der Waals surface area contributed by atoms with Crippen LogP contribution in [0, 0.1) is 0 Å². The Balaban J connectivity index is 1.45. The molecular weight excluding hydrogens is 380 g/mol. The summed E-state index contributed by atoms with van der Waals surface area (Å²) < 4.78 is 14.7. The van der Waals surface area contributed by atoms with Gasteiger partial charge in [-0.05, 0) is 42.8 Å². The molecule has 0 spiro atoms. The van der Waals surface area contributed by atoms with E-state index in [1.165, 1.54) is 19.2 Å². The summed E-state index contributed by atoms with van der Waals surface area (Å²) >= 11 is 0. The quantitative estimate of drug-likeness (QED) is 0.703.